The first-order valence-corrected chi connectivity index (χ1v) is 10.5. The van der Waals surface area contributed by atoms with Gasteiger partial charge in [-0.15, -0.1) is 0 Å². The van der Waals surface area contributed by atoms with Gasteiger partial charge in [0, 0.05) is 0 Å². The van der Waals surface area contributed by atoms with E-state index in [1.165, 1.54) is 60.3 Å². The highest BCUT2D eigenvalue weighted by Gasteiger charge is 2.17. The lowest BCUT2D eigenvalue weighted by Gasteiger charge is -2.18. The molecule has 5 aromatic rings. The Bertz CT molecular complexity index is 1300. The summed E-state index contributed by atoms with van der Waals surface area (Å²) < 4.78 is 0. The lowest BCUT2D eigenvalue weighted by atomic mass is 9.58. The van der Waals surface area contributed by atoms with E-state index in [4.69, 9.17) is 0 Å². The molecule has 0 atom stereocenters. The molecule has 0 bridgehead atoms. The molecule has 0 heterocycles. The van der Waals surface area contributed by atoms with Gasteiger partial charge in [-0.2, -0.15) is 0 Å². The SMILES string of the molecule is C.C.Cc1cc(C)c([B]c2c3ccccc3c(-c3ccccc3)c3ccccc23)c(C)c1. The fourth-order valence-electron chi connectivity index (χ4n) is 4.80. The molecule has 32 heavy (non-hydrogen) atoms. The smallest absolute Gasteiger partial charge is 0.0776 e. The Morgan fingerprint density at radius 1 is 0.500 bits per heavy atom. The van der Waals surface area contributed by atoms with Crippen molar-refractivity contribution < 1.29 is 0 Å². The highest BCUT2D eigenvalue weighted by molar-refractivity contribution is 6.73. The summed E-state index contributed by atoms with van der Waals surface area (Å²) in [6.45, 7) is 6.60. The van der Waals surface area contributed by atoms with Gasteiger partial charge in [-0.05, 0) is 53.4 Å². The molecule has 5 rings (SSSR count). The van der Waals surface area contributed by atoms with Crippen molar-refractivity contribution >= 4 is 39.8 Å². The Kier molecular flexibility index (Phi) is 6.89. The van der Waals surface area contributed by atoms with Crippen LogP contribution in [0.5, 0.6) is 0 Å². The summed E-state index contributed by atoms with van der Waals surface area (Å²) in [7, 11) is 2.39. The van der Waals surface area contributed by atoms with E-state index < -0.39 is 0 Å². The summed E-state index contributed by atoms with van der Waals surface area (Å²) in [4.78, 5) is 0. The van der Waals surface area contributed by atoms with Gasteiger partial charge in [0.25, 0.3) is 0 Å². The lowest BCUT2D eigenvalue weighted by molar-refractivity contribution is 1.35. The molecular formula is C31H32B. The summed E-state index contributed by atoms with van der Waals surface area (Å²) in [5.41, 5.74) is 9.17. The van der Waals surface area contributed by atoms with Crippen molar-refractivity contribution in [2.24, 2.45) is 0 Å². The van der Waals surface area contributed by atoms with Crippen molar-refractivity contribution in [2.75, 3.05) is 0 Å². The van der Waals surface area contributed by atoms with E-state index in [-0.39, 0.29) is 14.9 Å². The quantitative estimate of drug-likeness (QED) is 0.211. The minimum Gasteiger partial charge on any atom is -0.0776 e. The lowest BCUT2D eigenvalue weighted by Crippen LogP contribution is -2.32. The number of hydrogen-bond acceptors (Lipinski definition) is 0. The van der Waals surface area contributed by atoms with Crippen LogP contribution in [0.2, 0.25) is 0 Å². The fraction of sp³-hybridized carbons (Fsp3) is 0.161. The Labute approximate surface area is 194 Å². The van der Waals surface area contributed by atoms with Crippen LogP contribution in [0, 0.1) is 20.8 Å². The van der Waals surface area contributed by atoms with Crippen LogP contribution in [-0.2, 0) is 0 Å². The third kappa shape index (κ3) is 3.96. The average Bonchev–Trinajstić information content (AvgIpc) is 2.76. The maximum atomic E-state index is 2.39. The summed E-state index contributed by atoms with van der Waals surface area (Å²) in [6.07, 6.45) is 0. The predicted molar refractivity (Wildman–Crippen MR) is 146 cm³/mol. The second-order valence-electron chi connectivity index (χ2n) is 8.20. The number of rotatable bonds is 3. The number of fused-ring (bicyclic) bond motifs is 2. The second kappa shape index (κ2) is 9.45. The van der Waals surface area contributed by atoms with Gasteiger partial charge in [0.15, 0.2) is 7.28 Å². The normalized spacial score (nSPS) is 10.5. The predicted octanol–water partition coefficient (Wildman–Crippen LogP) is 7.51. The molecule has 0 nitrogen and oxygen atoms in total. The van der Waals surface area contributed by atoms with Gasteiger partial charge >= 0.3 is 0 Å². The van der Waals surface area contributed by atoms with Crippen molar-refractivity contribution in [3.8, 4) is 11.1 Å². The van der Waals surface area contributed by atoms with E-state index in [0.29, 0.717) is 0 Å². The van der Waals surface area contributed by atoms with Gasteiger partial charge in [-0.1, -0.05) is 133 Å². The molecule has 159 valence electrons. The van der Waals surface area contributed by atoms with Crippen LogP contribution in [-0.4, -0.2) is 7.28 Å². The van der Waals surface area contributed by atoms with Crippen molar-refractivity contribution in [1.82, 2.24) is 0 Å². The highest BCUT2D eigenvalue weighted by atomic mass is 14.1. The van der Waals surface area contributed by atoms with E-state index in [1.54, 1.807) is 0 Å². The van der Waals surface area contributed by atoms with Crippen molar-refractivity contribution in [3.63, 3.8) is 0 Å². The Morgan fingerprint density at radius 2 is 0.938 bits per heavy atom. The molecule has 0 fully saturated rings. The van der Waals surface area contributed by atoms with Gasteiger partial charge in [-0.25, -0.2) is 0 Å². The molecule has 0 unspecified atom stereocenters. The number of hydrogen-bond donors (Lipinski definition) is 0. The first kappa shape index (κ1) is 23.4. The molecule has 5 aromatic carbocycles. The second-order valence-corrected chi connectivity index (χ2v) is 8.20. The zero-order chi connectivity index (χ0) is 20.7. The molecule has 0 aliphatic carbocycles. The van der Waals surface area contributed by atoms with Crippen LogP contribution in [0.1, 0.15) is 31.5 Å². The third-order valence-electron chi connectivity index (χ3n) is 6.06. The van der Waals surface area contributed by atoms with E-state index >= 15 is 0 Å². The first-order chi connectivity index (χ1) is 14.6. The van der Waals surface area contributed by atoms with Crippen LogP contribution >= 0.6 is 0 Å². The Hall–Kier alpha value is -3.32. The van der Waals surface area contributed by atoms with Gasteiger partial charge in [0.2, 0.25) is 0 Å². The number of benzene rings is 5. The van der Waals surface area contributed by atoms with E-state index in [1.807, 2.05) is 0 Å². The average molecular weight is 415 g/mol. The number of aryl methyl sites for hydroxylation is 3. The largest absolute Gasteiger partial charge is 0.193 e. The van der Waals surface area contributed by atoms with Crippen molar-refractivity contribution in [3.05, 3.63) is 108 Å². The minimum absolute atomic E-state index is 0. The monoisotopic (exact) mass is 415 g/mol. The summed E-state index contributed by atoms with van der Waals surface area (Å²) in [5.74, 6) is 0. The van der Waals surface area contributed by atoms with Crippen LogP contribution in [0.3, 0.4) is 0 Å². The Morgan fingerprint density at radius 3 is 1.44 bits per heavy atom. The van der Waals surface area contributed by atoms with Crippen molar-refractivity contribution in [1.29, 1.82) is 0 Å². The highest BCUT2D eigenvalue weighted by Crippen LogP contribution is 2.35. The van der Waals surface area contributed by atoms with Crippen LogP contribution in [0.4, 0.5) is 0 Å². The van der Waals surface area contributed by atoms with Crippen LogP contribution < -0.4 is 10.9 Å². The standard InChI is InChI=1S/C29H24B.2CH4/c1-19-17-20(2)28(21(3)18-19)30-29-25-15-9-7-13-23(25)27(22-11-5-4-6-12-22)24-14-8-10-16-26(24)29;;/h4-18H,1-3H3;2*1H4. The first-order valence-electron chi connectivity index (χ1n) is 10.5. The van der Waals surface area contributed by atoms with Gasteiger partial charge in [0.05, 0.1) is 0 Å². The molecule has 0 aliphatic rings. The topological polar surface area (TPSA) is 0 Å². The van der Waals surface area contributed by atoms with Gasteiger partial charge in [0.1, 0.15) is 0 Å². The molecular weight excluding hydrogens is 383 g/mol. The summed E-state index contributed by atoms with van der Waals surface area (Å²) >= 11 is 0. The van der Waals surface area contributed by atoms with Crippen LogP contribution in [0.25, 0.3) is 32.7 Å². The molecule has 0 aliphatic heterocycles. The maximum absolute atomic E-state index is 2.39. The molecule has 0 amide bonds. The third-order valence-corrected chi connectivity index (χ3v) is 6.06. The summed E-state index contributed by atoms with van der Waals surface area (Å²) in [6, 6.07) is 33.0. The van der Waals surface area contributed by atoms with E-state index in [9.17, 15) is 0 Å². The zero-order valence-corrected chi connectivity index (χ0v) is 17.7. The molecule has 0 N–H and O–H groups in total. The molecule has 1 radical (unpaired) electrons. The van der Waals surface area contributed by atoms with E-state index in [2.05, 4.69) is 119 Å². The molecule has 0 saturated carbocycles. The van der Waals surface area contributed by atoms with Gasteiger partial charge < -0.3 is 0 Å². The van der Waals surface area contributed by atoms with E-state index in [0.717, 1.165) is 0 Å². The fourth-order valence-corrected chi connectivity index (χ4v) is 4.80. The molecule has 0 aromatic heterocycles. The van der Waals surface area contributed by atoms with Crippen LogP contribution in [0.15, 0.2) is 91.0 Å². The van der Waals surface area contributed by atoms with Gasteiger partial charge in [-0.3, -0.25) is 0 Å². The summed E-state index contributed by atoms with van der Waals surface area (Å²) in [5, 5.41) is 5.20. The molecule has 1 heteroatoms. The molecule has 0 saturated heterocycles. The maximum Gasteiger partial charge on any atom is 0.193 e. The van der Waals surface area contributed by atoms with Crippen molar-refractivity contribution in [2.45, 2.75) is 35.6 Å². The molecule has 0 spiro atoms. The minimum atomic E-state index is 0. The zero-order valence-electron chi connectivity index (χ0n) is 17.7. The Balaban J connectivity index is 0.00000144.